The third-order valence-corrected chi connectivity index (χ3v) is 2.44. The molecule has 2 rings (SSSR count). The molecule has 0 amide bonds. The average Bonchev–Trinajstić information content (AvgIpc) is 2.59. The van der Waals surface area contributed by atoms with Crippen LogP contribution in [-0.4, -0.2) is 9.97 Å². The third kappa shape index (κ3) is 1.76. The van der Waals surface area contributed by atoms with E-state index >= 15 is 0 Å². The molecule has 1 aliphatic rings. The van der Waals surface area contributed by atoms with Crippen molar-refractivity contribution in [3.8, 4) is 0 Å². The summed E-state index contributed by atoms with van der Waals surface area (Å²) in [5, 5.41) is 0. The Hall–Kier alpha value is -1.05. The van der Waals surface area contributed by atoms with E-state index in [-0.39, 0.29) is 0 Å². The molecule has 1 aromatic heterocycles. The number of hydrogen-bond donors (Lipinski definition) is 1. The number of aromatic amines is 1. The molecule has 0 aliphatic heterocycles. The maximum Gasteiger partial charge on any atom is 0.0921 e. The van der Waals surface area contributed by atoms with Crippen LogP contribution in [0.2, 0.25) is 0 Å². The van der Waals surface area contributed by atoms with Crippen LogP contribution in [0.15, 0.2) is 24.7 Å². The zero-order valence-corrected chi connectivity index (χ0v) is 7.16. The van der Waals surface area contributed by atoms with E-state index in [4.69, 9.17) is 0 Å². The Labute approximate surface area is 72.7 Å². The highest BCUT2D eigenvalue weighted by Gasteiger charge is 2.10. The third-order valence-electron chi connectivity index (χ3n) is 2.44. The normalized spacial score (nSPS) is 22.8. The Morgan fingerprint density at radius 1 is 1.50 bits per heavy atom. The van der Waals surface area contributed by atoms with Gasteiger partial charge in [0.25, 0.3) is 0 Å². The summed E-state index contributed by atoms with van der Waals surface area (Å²) in [5.41, 5.74) is 1.27. The minimum atomic E-state index is 0.829. The molecule has 0 fully saturated rings. The molecule has 2 nitrogen and oxygen atoms in total. The lowest BCUT2D eigenvalue weighted by molar-refractivity contribution is 0.473. The maximum atomic E-state index is 4.01. The highest BCUT2D eigenvalue weighted by Crippen LogP contribution is 2.21. The molecule has 0 bridgehead atoms. The monoisotopic (exact) mass is 162 g/mol. The van der Waals surface area contributed by atoms with Crippen molar-refractivity contribution in [2.45, 2.75) is 25.7 Å². The van der Waals surface area contributed by atoms with Gasteiger partial charge in [-0.15, -0.1) is 0 Å². The molecule has 64 valence electrons. The van der Waals surface area contributed by atoms with E-state index in [9.17, 15) is 0 Å². The fourth-order valence-corrected chi connectivity index (χ4v) is 1.75. The zero-order chi connectivity index (χ0) is 8.23. The van der Waals surface area contributed by atoms with E-state index in [2.05, 4.69) is 22.1 Å². The highest BCUT2D eigenvalue weighted by atomic mass is 14.9. The SMILES string of the molecule is C1=CCC(Cc2cnc[nH]2)CC1. The molecule has 0 saturated heterocycles. The van der Waals surface area contributed by atoms with Crippen LogP contribution >= 0.6 is 0 Å². The van der Waals surface area contributed by atoms with Crippen molar-refractivity contribution in [3.05, 3.63) is 30.4 Å². The summed E-state index contributed by atoms with van der Waals surface area (Å²) in [4.78, 5) is 7.16. The van der Waals surface area contributed by atoms with Crippen molar-refractivity contribution in [2.75, 3.05) is 0 Å². The topological polar surface area (TPSA) is 28.7 Å². The number of nitrogens with zero attached hydrogens (tertiary/aromatic N) is 1. The Balaban J connectivity index is 1.91. The fourth-order valence-electron chi connectivity index (χ4n) is 1.75. The lowest BCUT2D eigenvalue weighted by Crippen LogP contribution is -2.06. The second kappa shape index (κ2) is 3.57. The van der Waals surface area contributed by atoms with Crippen LogP contribution in [0.1, 0.15) is 25.0 Å². The first-order valence-corrected chi connectivity index (χ1v) is 4.57. The summed E-state index contributed by atoms with van der Waals surface area (Å²) in [6.45, 7) is 0. The highest BCUT2D eigenvalue weighted by molar-refractivity contribution is 4.99. The van der Waals surface area contributed by atoms with Gasteiger partial charge in [0.05, 0.1) is 6.33 Å². The van der Waals surface area contributed by atoms with Crippen LogP contribution in [0, 0.1) is 5.92 Å². The number of aromatic nitrogens is 2. The van der Waals surface area contributed by atoms with Gasteiger partial charge >= 0.3 is 0 Å². The molecular formula is C10H14N2. The molecular weight excluding hydrogens is 148 g/mol. The predicted molar refractivity (Wildman–Crippen MR) is 48.8 cm³/mol. The van der Waals surface area contributed by atoms with Crippen molar-refractivity contribution in [1.29, 1.82) is 0 Å². The predicted octanol–water partition coefficient (Wildman–Crippen LogP) is 2.31. The van der Waals surface area contributed by atoms with E-state index in [1.54, 1.807) is 6.33 Å². The molecule has 1 unspecified atom stereocenters. The van der Waals surface area contributed by atoms with Crippen molar-refractivity contribution in [1.82, 2.24) is 9.97 Å². The van der Waals surface area contributed by atoms with Crippen molar-refractivity contribution in [3.63, 3.8) is 0 Å². The molecule has 0 radical (unpaired) electrons. The standard InChI is InChI=1S/C10H14N2/c1-2-4-9(5-3-1)6-10-7-11-8-12-10/h1-2,7-9H,3-6H2,(H,11,12). The second-order valence-electron chi connectivity index (χ2n) is 3.43. The molecule has 0 saturated carbocycles. The van der Waals surface area contributed by atoms with Crippen LogP contribution in [0.3, 0.4) is 0 Å². The van der Waals surface area contributed by atoms with E-state index in [1.807, 2.05) is 6.20 Å². The Kier molecular flexibility index (Phi) is 2.26. The summed E-state index contributed by atoms with van der Waals surface area (Å²) in [5.74, 6) is 0.829. The van der Waals surface area contributed by atoms with Gasteiger partial charge < -0.3 is 4.98 Å². The van der Waals surface area contributed by atoms with Gasteiger partial charge in [-0.2, -0.15) is 0 Å². The van der Waals surface area contributed by atoms with E-state index < -0.39 is 0 Å². The zero-order valence-electron chi connectivity index (χ0n) is 7.16. The average molecular weight is 162 g/mol. The van der Waals surface area contributed by atoms with Crippen LogP contribution in [0.4, 0.5) is 0 Å². The molecule has 1 aromatic rings. The number of rotatable bonds is 2. The van der Waals surface area contributed by atoms with E-state index in [0.29, 0.717) is 0 Å². The molecule has 0 aromatic carbocycles. The van der Waals surface area contributed by atoms with Crippen molar-refractivity contribution < 1.29 is 0 Å². The van der Waals surface area contributed by atoms with Crippen molar-refractivity contribution >= 4 is 0 Å². The number of H-pyrrole nitrogens is 1. The van der Waals surface area contributed by atoms with Gasteiger partial charge in [0.15, 0.2) is 0 Å². The van der Waals surface area contributed by atoms with Gasteiger partial charge in [-0.05, 0) is 31.6 Å². The van der Waals surface area contributed by atoms with E-state index in [1.165, 1.54) is 25.0 Å². The molecule has 12 heavy (non-hydrogen) atoms. The summed E-state index contributed by atoms with van der Waals surface area (Å²) in [6, 6.07) is 0. The Morgan fingerprint density at radius 3 is 3.17 bits per heavy atom. The minimum Gasteiger partial charge on any atom is -0.348 e. The van der Waals surface area contributed by atoms with Gasteiger partial charge in [-0.3, -0.25) is 0 Å². The first kappa shape index (κ1) is 7.59. The molecule has 1 N–H and O–H groups in total. The molecule has 1 aliphatic carbocycles. The Morgan fingerprint density at radius 2 is 2.50 bits per heavy atom. The lowest BCUT2D eigenvalue weighted by atomic mass is 9.90. The quantitative estimate of drug-likeness (QED) is 0.664. The van der Waals surface area contributed by atoms with Crippen LogP contribution in [-0.2, 0) is 6.42 Å². The lowest BCUT2D eigenvalue weighted by Gasteiger charge is -2.15. The molecule has 0 spiro atoms. The number of allylic oxidation sites excluding steroid dienone is 2. The fraction of sp³-hybridized carbons (Fsp3) is 0.500. The smallest absolute Gasteiger partial charge is 0.0921 e. The minimum absolute atomic E-state index is 0.829. The summed E-state index contributed by atoms with van der Waals surface area (Å²) < 4.78 is 0. The largest absolute Gasteiger partial charge is 0.348 e. The number of nitrogens with one attached hydrogen (secondary N) is 1. The van der Waals surface area contributed by atoms with E-state index in [0.717, 1.165) is 12.3 Å². The summed E-state index contributed by atoms with van der Waals surface area (Å²) in [6.07, 6.45) is 13.2. The first-order chi connectivity index (χ1) is 5.95. The maximum absolute atomic E-state index is 4.01. The van der Waals surface area contributed by atoms with Gasteiger partial charge in [0.2, 0.25) is 0 Å². The van der Waals surface area contributed by atoms with Crippen LogP contribution in [0.5, 0.6) is 0 Å². The first-order valence-electron chi connectivity index (χ1n) is 4.57. The van der Waals surface area contributed by atoms with Gasteiger partial charge in [0.1, 0.15) is 0 Å². The van der Waals surface area contributed by atoms with Gasteiger partial charge in [-0.25, -0.2) is 4.98 Å². The Bertz CT molecular complexity index is 249. The van der Waals surface area contributed by atoms with Crippen molar-refractivity contribution in [2.24, 2.45) is 5.92 Å². The molecule has 1 heterocycles. The number of imidazole rings is 1. The van der Waals surface area contributed by atoms with Gasteiger partial charge in [0, 0.05) is 11.9 Å². The van der Waals surface area contributed by atoms with Crippen LogP contribution in [0.25, 0.3) is 0 Å². The number of hydrogen-bond acceptors (Lipinski definition) is 1. The molecule has 2 heteroatoms. The van der Waals surface area contributed by atoms with Gasteiger partial charge in [-0.1, -0.05) is 12.2 Å². The summed E-state index contributed by atoms with van der Waals surface area (Å²) in [7, 11) is 0. The second-order valence-corrected chi connectivity index (χ2v) is 3.43. The molecule has 1 atom stereocenters. The summed E-state index contributed by atoms with van der Waals surface area (Å²) >= 11 is 0. The van der Waals surface area contributed by atoms with Crippen LogP contribution < -0.4 is 0 Å².